The molecule has 2 N–H and O–H groups in total. The van der Waals surface area contributed by atoms with Gasteiger partial charge in [-0.15, -0.1) is 0 Å². The summed E-state index contributed by atoms with van der Waals surface area (Å²) in [6.45, 7) is 5.75. The lowest BCUT2D eigenvalue weighted by Gasteiger charge is -2.33. The number of anilines is 1. The molecular weight excluding hydrogens is 268 g/mol. The van der Waals surface area contributed by atoms with Gasteiger partial charge >= 0.3 is 0 Å². The second kappa shape index (κ2) is 5.17. The van der Waals surface area contributed by atoms with Gasteiger partial charge in [-0.05, 0) is 34.5 Å². The van der Waals surface area contributed by atoms with Crippen LogP contribution in [0.15, 0.2) is 22.7 Å². The van der Waals surface area contributed by atoms with Crippen molar-refractivity contribution in [3.63, 3.8) is 0 Å². The Bertz CT molecular complexity index is 370. The molecule has 0 radical (unpaired) electrons. The Kier molecular flexibility index (Phi) is 3.84. The van der Waals surface area contributed by atoms with Crippen LogP contribution >= 0.6 is 15.9 Å². The molecule has 0 spiro atoms. The number of benzene rings is 1. The second-order valence-electron chi connectivity index (χ2n) is 4.21. The molecule has 1 fully saturated rings. The van der Waals surface area contributed by atoms with Gasteiger partial charge in [0.2, 0.25) is 0 Å². The fourth-order valence-corrected chi connectivity index (χ4v) is 2.33. The molecule has 88 valence electrons. The summed E-state index contributed by atoms with van der Waals surface area (Å²) < 4.78 is 6.45. The van der Waals surface area contributed by atoms with Crippen molar-refractivity contribution >= 4 is 21.6 Å². The number of hydrogen-bond acceptors (Lipinski definition) is 3. The SMILES string of the molecule is CC1COCCN1Cc1cccc(N)c1Br. The van der Waals surface area contributed by atoms with Crippen molar-refractivity contribution in [3.05, 3.63) is 28.2 Å². The molecule has 1 atom stereocenters. The predicted molar refractivity (Wildman–Crippen MR) is 69.2 cm³/mol. The first kappa shape index (κ1) is 11.9. The van der Waals surface area contributed by atoms with E-state index in [2.05, 4.69) is 33.8 Å². The number of nitrogens with two attached hydrogens (primary N) is 1. The van der Waals surface area contributed by atoms with Crippen molar-refractivity contribution in [1.82, 2.24) is 4.90 Å². The lowest BCUT2D eigenvalue weighted by molar-refractivity contribution is -0.00444. The molecule has 0 bridgehead atoms. The number of rotatable bonds is 2. The Morgan fingerprint density at radius 1 is 1.56 bits per heavy atom. The normalized spacial score (nSPS) is 22.2. The number of morpholine rings is 1. The van der Waals surface area contributed by atoms with Crippen LogP contribution < -0.4 is 5.73 Å². The Hall–Kier alpha value is -0.580. The van der Waals surface area contributed by atoms with E-state index in [1.165, 1.54) is 5.56 Å². The summed E-state index contributed by atoms with van der Waals surface area (Å²) in [5.74, 6) is 0. The van der Waals surface area contributed by atoms with Crippen molar-refractivity contribution < 1.29 is 4.74 Å². The van der Waals surface area contributed by atoms with Gasteiger partial charge in [0.1, 0.15) is 0 Å². The maximum absolute atomic E-state index is 5.87. The summed E-state index contributed by atoms with van der Waals surface area (Å²) in [6, 6.07) is 6.50. The van der Waals surface area contributed by atoms with Crippen molar-refractivity contribution in [2.45, 2.75) is 19.5 Å². The third-order valence-electron chi connectivity index (χ3n) is 2.99. The van der Waals surface area contributed by atoms with Crippen LogP contribution in [0, 0.1) is 0 Å². The van der Waals surface area contributed by atoms with Crippen LogP contribution in [0.1, 0.15) is 12.5 Å². The highest BCUT2D eigenvalue weighted by Crippen LogP contribution is 2.25. The average Bonchev–Trinajstić information content (AvgIpc) is 2.28. The molecule has 0 amide bonds. The molecule has 2 rings (SSSR count). The molecule has 16 heavy (non-hydrogen) atoms. The van der Waals surface area contributed by atoms with Crippen molar-refractivity contribution in [3.8, 4) is 0 Å². The largest absolute Gasteiger partial charge is 0.398 e. The molecule has 1 aliphatic rings. The molecule has 0 aromatic heterocycles. The minimum atomic E-state index is 0.474. The molecule has 1 saturated heterocycles. The first-order chi connectivity index (χ1) is 7.68. The van der Waals surface area contributed by atoms with E-state index in [0.717, 1.165) is 36.5 Å². The van der Waals surface area contributed by atoms with Crippen LogP contribution in [0.4, 0.5) is 5.69 Å². The van der Waals surface area contributed by atoms with Crippen LogP contribution in [0.3, 0.4) is 0 Å². The van der Waals surface area contributed by atoms with Gasteiger partial charge in [0.25, 0.3) is 0 Å². The number of hydrogen-bond donors (Lipinski definition) is 1. The molecule has 0 aliphatic carbocycles. The highest BCUT2D eigenvalue weighted by molar-refractivity contribution is 9.10. The summed E-state index contributed by atoms with van der Waals surface area (Å²) >= 11 is 3.54. The second-order valence-corrected chi connectivity index (χ2v) is 5.01. The lowest BCUT2D eigenvalue weighted by Crippen LogP contribution is -2.42. The van der Waals surface area contributed by atoms with Crippen molar-refractivity contribution in [2.24, 2.45) is 0 Å². The molecule has 3 nitrogen and oxygen atoms in total. The molecule has 1 aromatic carbocycles. The Labute approximate surface area is 105 Å². The monoisotopic (exact) mass is 284 g/mol. The highest BCUT2D eigenvalue weighted by atomic mass is 79.9. The lowest BCUT2D eigenvalue weighted by atomic mass is 10.1. The zero-order valence-electron chi connectivity index (χ0n) is 9.45. The highest BCUT2D eigenvalue weighted by Gasteiger charge is 2.19. The molecular formula is C12H17BrN2O. The maximum atomic E-state index is 5.87. The Morgan fingerprint density at radius 3 is 3.12 bits per heavy atom. The van der Waals surface area contributed by atoms with Crippen LogP contribution in [0.25, 0.3) is 0 Å². The maximum Gasteiger partial charge on any atom is 0.0619 e. The Morgan fingerprint density at radius 2 is 2.38 bits per heavy atom. The third-order valence-corrected chi connectivity index (χ3v) is 3.95. The van der Waals surface area contributed by atoms with Crippen LogP contribution in [0.2, 0.25) is 0 Å². The van der Waals surface area contributed by atoms with Gasteiger partial charge in [-0.1, -0.05) is 12.1 Å². The summed E-state index contributed by atoms with van der Waals surface area (Å²) in [5.41, 5.74) is 7.92. The van der Waals surface area contributed by atoms with E-state index in [4.69, 9.17) is 10.5 Å². The van der Waals surface area contributed by atoms with E-state index in [-0.39, 0.29) is 0 Å². The third kappa shape index (κ3) is 2.56. The van der Waals surface area contributed by atoms with Gasteiger partial charge in [-0.3, -0.25) is 4.90 Å². The fraction of sp³-hybridized carbons (Fsp3) is 0.500. The quantitative estimate of drug-likeness (QED) is 0.847. The van der Waals surface area contributed by atoms with E-state index in [0.29, 0.717) is 6.04 Å². The van der Waals surface area contributed by atoms with E-state index in [1.54, 1.807) is 0 Å². The Balaban J connectivity index is 2.10. The van der Waals surface area contributed by atoms with E-state index in [9.17, 15) is 0 Å². The van der Waals surface area contributed by atoms with E-state index < -0.39 is 0 Å². The molecule has 4 heteroatoms. The van der Waals surface area contributed by atoms with Gasteiger partial charge in [0.15, 0.2) is 0 Å². The van der Waals surface area contributed by atoms with E-state index >= 15 is 0 Å². The van der Waals surface area contributed by atoms with E-state index in [1.807, 2.05) is 12.1 Å². The van der Waals surface area contributed by atoms with Crippen LogP contribution in [-0.2, 0) is 11.3 Å². The van der Waals surface area contributed by atoms with Crippen molar-refractivity contribution in [1.29, 1.82) is 0 Å². The standard InChI is InChI=1S/C12H17BrN2O/c1-9-8-16-6-5-15(9)7-10-3-2-4-11(14)12(10)13/h2-4,9H,5-8,14H2,1H3. The molecule has 1 unspecified atom stereocenters. The summed E-state index contributed by atoms with van der Waals surface area (Å²) in [4.78, 5) is 2.42. The molecule has 1 aromatic rings. The smallest absolute Gasteiger partial charge is 0.0619 e. The molecule has 1 heterocycles. The number of nitrogens with zero attached hydrogens (tertiary/aromatic N) is 1. The van der Waals surface area contributed by atoms with Gasteiger partial charge < -0.3 is 10.5 Å². The van der Waals surface area contributed by atoms with Gasteiger partial charge in [0.05, 0.1) is 13.2 Å². The fourth-order valence-electron chi connectivity index (χ4n) is 1.94. The van der Waals surface area contributed by atoms with Crippen LogP contribution in [-0.4, -0.2) is 30.7 Å². The average molecular weight is 285 g/mol. The first-order valence-corrected chi connectivity index (χ1v) is 6.32. The predicted octanol–water partition coefficient (Wildman–Crippen LogP) is 2.25. The topological polar surface area (TPSA) is 38.5 Å². The van der Waals surface area contributed by atoms with Gasteiger partial charge in [-0.25, -0.2) is 0 Å². The summed E-state index contributed by atoms with van der Waals surface area (Å²) in [5, 5.41) is 0. The zero-order valence-corrected chi connectivity index (χ0v) is 11.0. The number of ether oxygens (including phenoxy) is 1. The minimum Gasteiger partial charge on any atom is -0.398 e. The summed E-state index contributed by atoms with van der Waals surface area (Å²) in [7, 11) is 0. The zero-order chi connectivity index (χ0) is 11.5. The minimum absolute atomic E-state index is 0.474. The first-order valence-electron chi connectivity index (χ1n) is 5.53. The van der Waals surface area contributed by atoms with Gasteiger partial charge in [-0.2, -0.15) is 0 Å². The summed E-state index contributed by atoms with van der Waals surface area (Å²) in [6.07, 6.45) is 0. The van der Waals surface area contributed by atoms with Crippen LogP contribution in [0.5, 0.6) is 0 Å². The molecule has 0 saturated carbocycles. The molecule has 1 aliphatic heterocycles. The number of nitrogen functional groups attached to an aromatic ring is 1. The van der Waals surface area contributed by atoms with Crippen molar-refractivity contribution in [2.75, 3.05) is 25.5 Å². The number of halogens is 1. The van der Waals surface area contributed by atoms with Gasteiger partial charge in [0, 0.05) is 29.3 Å².